The number of ether oxygens (including phenoxy) is 1. The van der Waals surface area contributed by atoms with E-state index in [4.69, 9.17) is 9.72 Å². The van der Waals surface area contributed by atoms with E-state index in [1.807, 2.05) is 19.1 Å². The minimum atomic E-state index is 0.751. The van der Waals surface area contributed by atoms with Crippen molar-refractivity contribution in [1.82, 2.24) is 25.1 Å². The molecule has 29 heavy (non-hydrogen) atoms. The molecule has 3 aromatic rings. The Morgan fingerprint density at radius 1 is 1.17 bits per heavy atom. The largest absolute Gasteiger partial charge is 0.378 e. The number of hydrogen-bond acceptors (Lipinski definition) is 6. The SMILES string of the molecule is CC/C=C\c1c(-c2ccncn2)cc(N2CCOCC2)nc1C.Cc1ccn[nH]1. The summed E-state index contributed by atoms with van der Waals surface area (Å²) in [6, 6.07) is 6.00. The van der Waals surface area contributed by atoms with Crippen LogP contribution < -0.4 is 4.90 Å². The first kappa shape index (κ1) is 20.7. The lowest BCUT2D eigenvalue weighted by atomic mass is 10.0. The lowest BCUT2D eigenvalue weighted by molar-refractivity contribution is 0.122. The van der Waals surface area contributed by atoms with Crippen molar-refractivity contribution in [3.05, 3.63) is 59.9 Å². The average Bonchev–Trinajstić information content (AvgIpc) is 3.25. The molecule has 1 fully saturated rings. The number of aromatic nitrogens is 5. The van der Waals surface area contributed by atoms with Crippen LogP contribution in [0.15, 0.2) is 43.0 Å². The topological polar surface area (TPSA) is 79.8 Å². The van der Waals surface area contributed by atoms with Gasteiger partial charge in [0.2, 0.25) is 0 Å². The standard InChI is InChI=1S/C18H22N4O.C4H6N2/c1-3-4-5-15-14(2)21-18(22-8-10-23-11-9-22)12-16(15)17-6-7-19-13-20-17;1-4-2-3-5-6-4/h4-7,12-13H,3,8-11H2,1-2H3;2-3H,1H3,(H,5,6)/b5-4-;. The van der Waals surface area contributed by atoms with E-state index in [2.05, 4.69) is 57.1 Å². The van der Waals surface area contributed by atoms with E-state index in [-0.39, 0.29) is 0 Å². The molecule has 0 amide bonds. The number of nitrogens with zero attached hydrogens (tertiary/aromatic N) is 5. The zero-order chi connectivity index (χ0) is 20.5. The van der Waals surface area contributed by atoms with Crippen molar-refractivity contribution in [3.8, 4) is 11.3 Å². The summed E-state index contributed by atoms with van der Waals surface area (Å²) >= 11 is 0. The molecule has 0 aromatic carbocycles. The maximum atomic E-state index is 5.44. The molecule has 7 heteroatoms. The highest BCUT2D eigenvalue weighted by molar-refractivity contribution is 5.76. The Bertz CT molecular complexity index is 903. The van der Waals surface area contributed by atoms with Crippen LogP contribution in [0.25, 0.3) is 17.3 Å². The van der Waals surface area contributed by atoms with Gasteiger partial charge in [-0.3, -0.25) is 5.10 Å². The van der Waals surface area contributed by atoms with Gasteiger partial charge >= 0.3 is 0 Å². The molecule has 0 spiro atoms. The molecule has 0 radical (unpaired) electrons. The molecule has 4 rings (SSSR count). The minimum Gasteiger partial charge on any atom is -0.378 e. The van der Waals surface area contributed by atoms with Crippen molar-refractivity contribution in [2.75, 3.05) is 31.2 Å². The minimum absolute atomic E-state index is 0.751. The predicted octanol–water partition coefficient (Wildman–Crippen LogP) is 3.82. The van der Waals surface area contributed by atoms with E-state index < -0.39 is 0 Å². The van der Waals surface area contributed by atoms with E-state index >= 15 is 0 Å². The molecule has 7 nitrogen and oxygen atoms in total. The van der Waals surface area contributed by atoms with Crippen molar-refractivity contribution in [2.24, 2.45) is 0 Å². The third-order valence-electron chi connectivity index (χ3n) is 4.59. The van der Waals surface area contributed by atoms with Crippen molar-refractivity contribution in [2.45, 2.75) is 27.2 Å². The van der Waals surface area contributed by atoms with Gasteiger partial charge < -0.3 is 9.64 Å². The number of morpholine rings is 1. The van der Waals surface area contributed by atoms with Crippen LogP contribution in [-0.2, 0) is 4.74 Å². The maximum absolute atomic E-state index is 5.44. The first-order chi connectivity index (χ1) is 14.2. The number of anilines is 1. The molecule has 0 aliphatic carbocycles. The molecule has 1 aliphatic heterocycles. The monoisotopic (exact) mass is 392 g/mol. The average molecular weight is 393 g/mol. The Morgan fingerprint density at radius 3 is 2.59 bits per heavy atom. The fraction of sp³-hybridized carbons (Fsp3) is 0.364. The number of H-pyrrole nitrogens is 1. The maximum Gasteiger partial charge on any atom is 0.129 e. The molecule has 1 saturated heterocycles. The summed E-state index contributed by atoms with van der Waals surface area (Å²) in [6.07, 6.45) is 10.4. The smallest absolute Gasteiger partial charge is 0.129 e. The van der Waals surface area contributed by atoms with Crippen molar-refractivity contribution >= 4 is 11.9 Å². The molecule has 0 bridgehead atoms. The van der Waals surface area contributed by atoms with Gasteiger partial charge in [0.25, 0.3) is 0 Å². The summed E-state index contributed by atoms with van der Waals surface area (Å²) in [5, 5.41) is 6.45. The summed E-state index contributed by atoms with van der Waals surface area (Å²) in [6.45, 7) is 9.41. The van der Waals surface area contributed by atoms with Crippen LogP contribution in [0.5, 0.6) is 0 Å². The van der Waals surface area contributed by atoms with Crippen LogP contribution in [0.3, 0.4) is 0 Å². The van der Waals surface area contributed by atoms with Gasteiger partial charge in [-0.2, -0.15) is 5.10 Å². The lowest BCUT2D eigenvalue weighted by Crippen LogP contribution is -2.36. The van der Waals surface area contributed by atoms with Crippen molar-refractivity contribution in [1.29, 1.82) is 0 Å². The highest BCUT2D eigenvalue weighted by atomic mass is 16.5. The Morgan fingerprint density at radius 2 is 2.00 bits per heavy atom. The molecule has 1 N–H and O–H groups in total. The summed E-state index contributed by atoms with van der Waals surface area (Å²) in [7, 11) is 0. The number of aryl methyl sites for hydroxylation is 2. The van der Waals surface area contributed by atoms with Crippen LogP contribution in [0.2, 0.25) is 0 Å². The molecule has 1 aliphatic rings. The number of pyridine rings is 1. The number of nitrogens with one attached hydrogen (secondary N) is 1. The zero-order valence-corrected chi connectivity index (χ0v) is 17.3. The predicted molar refractivity (Wildman–Crippen MR) is 116 cm³/mol. The van der Waals surface area contributed by atoms with Gasteiger partial charge in [-0.1, -0.05) is 19.1 Å². The van der Waals surface area contributed by atoms with Gasteiger partial charge in [0.1, 0.15) is 12.1 Å². The summed E-state index contributed by atoms with van der Waals surface area (Å²) in [4.78, 5) is 15.5. The van der Waals surface area contributed by atoms with Gasteiger partial charge in [0, 0.05) is 48.0 Å². The van der Waals surface area contributed by atoms with E-state index in [9.17, 15) is 0 Å². The Labute approximate surface area is 171 Å². The second-order valence-corrected chi connectivity index (χ2v) is 6.77. The first-order valence-electron chi connectivity index (χ1n) is 9.92. The molecule has 4 heterocycles. The van der Waals surface area contributed by atoms with Crippen LogP contribution in [-0.4, -0.2) is 51.5 Å². The third-order valence-corrected chi connectivity index (χ3v) is 4.59. The van der Waals surface area contributed by atoms with Crippen molar-refractivity contribution < 1.29 is 4.74 Å². The highest BCUT2D eigenvalue weighted by Crippen LogP contribution is 2.29. The molecule has 0 saturated carbocycles. The zero-order valence-electron chi connectivity index (χ0n) is 17.3. The molecule has 0 unspecified atom stereocenters. The third kappa shape index (κ3) is 5.71. The normalized spacial score (nSPS) is 14.0. The van der Waals surface area contributed by atoms with Gasteiger partial charge in [-0.15, -0.1) is 0 Å². The fourth-order valence-electron chi connectivity index (χ4n) is 3.05. The number of allylic oxidation sites excluding steroid dienone is 1. The second kappa shape index (κ2) is 10.5. The number of aromatic amines is 1. The van der Waals surface area contributed by atoms with Crippen LogP contribution >= 0.6 is 0 Å². The van der Waals surface area contributed by atoms with Gasteiger partial charge in [0.15, 0.2) is 0 Å². The van der Waals surface area contributed by atoms with Crippen LogP contribution in [0, 0.1) is 13.8 Å². The van der Waals surface area contributed by atoms with Gasteiger partial charge in [-0.25, -0.2) is 15.0 Å². The van der Waals surface area contributed by atoms with E-state index in [0.717, 1.165) is 66.8 Å². The Kier molecular flexibility index (Phi) is 7.47. The summed E-state index contributed by atoms with van der Waals surface area (Å²) in [5.74, 6) is 0.994. The van der Waals surface area contributed by atoms with Gasteiger partial charge in [-0.05, 0) is 38.5 Å². The number of rotatable bonds is 4. The highest BCUT2D eigenvalue weighted by Gasteiger charge is 2.17. The Balaban J connectivity index is 0.000000343. The van der Waals surface area contributed by atoms with Crippen LogP contribution in [0.1, 0.15) is 30.3 Å². The first-order valence-corrected chi connectivity index (χ1v) is 9.92. The molecule has 3 aromatic heterocycles. The second-order valence-electron chi connectivity index (χ2n) is 6.77. The van der Waals surface area contributed by atoms with Crippen molar-refractivity contribution in [3.63, 3.8) is 0 Å². The number of hydrogen-bond donors (Lipinski definition) is 1. The summed E-state index contributed by atoms with van der Waals surface area (Å²) < 4.78 is 5.44. The van der Waals surface area contributed by atoms with Gasteiger partial charge in [0.05, 0.1) is 18.9 Å². The molecular weight excluding hydrogens is 364 g/mol. The molecular formula is C22H28N6O. The summed E-state index contributed by atoms with van der Waals surface area (Å²) in [5.41, 5.74) is 5.28. The van der Waals surface area contributed by atoms with E-state index in [1.54, 1.807) is 18.7 Å². The van der Waals surface area contributed by atoms with E-state index in [1.165, 1.54) is 0 Å². The molecule has 152 valence electrons. The molecule has 0 atom stereocenters. The van der Waals surface area contributed by atoms with Crippen LogP contribution in [0.4, 0.5) is 5.82 Å². The fourth-order valence-corrected chi connectivity index (χ4v) is 3.05. The Hall–Kier alpha value is -3.06. The lowest BCUT2D eigenvalue weighted by Gasteiger charge is -2.28. The quantitative estimate of drug-likeness (QED) is 0.727. The van der Waals surface area contributed by atoms with E-state index in [0.29, 0.717) is 0 Å².